The second-order valence-electron chi connectivity index (χ2n) is 7.03. The van der Waals surface area contributed by atoms with Gasteiger partial charge in [0.25, 0.3) is 0 Å². The standard InChI is InChI=1S/C23H18ClNO2/c24-19-9-5-16(6-10-19)14-25-15-23(26,20-3-1-2-4-21(20)25)18-8-7-17-11-12-27-22(17)13-18/h1-13,26H,14-15H2. The van der Waals surface area contributed by atoms with Crippen molar-refractivity contribution in [1.82, 2.24) is 0 Å². The van der Waals surface area contributed by atoms with E-state index in [-0.39, 0.29) is 0 Å². The van der Waals surface area contributed by atoms with Crippen molar-refractivity contribution in [2.45, 2.75) is 12.1 Å². The fourth-order valence-electron chi connectivity index (χ4n) is 3.96. The second kappa shape index (κ2) is 6.15. The molecule has 4 heteroatoms. The van der Waals surface area contributed by atoms with E-state index in [0.717, 1.165) is 38.4 Å². The van der Waals surface area contributed by atoms with Crippen molar-refractivity contribution in [3.05, 3.63) is 101 Å². The van der Waals surface area contributed by atoms with Crippen LogP contribution in [-0.4, -0.2) is 11.7 Å². The van der Waals surface area contributed by atoms with Gasteiger partial charge in [0.05, 0.1) is 12.8 Å². The van der Waals surface area contributed by atoms with Crippen molar-refractivity contribution in [1.29, 1.82) is 0 Å². The summed E-state index contributed by atoms with van der Waals surface area (Å²) in [6.45, 7) is 1.20. The molecule has 0 bridgehead atoms. The van der Waals surface area contributed by atoms with Crippen LogP contribution in [0, 0.1) is 0 Å². The number of β-amino-alcohol motifs (C(OH)–C–C–N with tert-alkyl or cyclic N) is 1. The molecular formula is C23H18ClNO2. The van der Waals surface area contributed by atoms with Gasteiger partial charge in [-0.2, -0.15) is 0 Å². The first kappa shape index (κ1) is 16.4. The Bertz CT molecular complexity index is 1120. The Kier molecular flexibility index (Phi) is 3.74. The van der Waals surface area contributed by atoms with Gasteiger partial charge in [-0.15, -0.1) is 0 Å². The molecule has 1 aliphatic rings. The lowest BCUT2D eigenvalue weighted by molar-refractivity contribution is 0.0978. The highest BCUT2D eigenvalue weighted by Crippen LogP contribution is 2.44. The Labute approximate surface area is 162 Å². The highest BCUT2D eigenvalue weighted by atomic mass is 35.5. The van der Waals surface area contributed by atoms with Gasteiger partial charge >= 0.3 is 0 Å². The molecule has 0 spiro atoms. The minimum Gasteiger partial charge on any atom is -0.464 e. The van der Waals surface area contributed by atoms with E-state index in [4.69, 9.17) is 16.0 Å². The lowest BCUT2D eigenvalue weighted by atomic mass is 9.88. The van der Waals surface area contributed by atoms with Crippen LogP contribution in [0.15, 0.2) is 83.5 Å². The molecule has 0 aliphatic carbocycles. The van der Waals surface area contributed by atoms with Gasteiger partial charge in [0.15, 0.2) is 0 Å². The number of hydrogen-bond acceptors (Lipinski definition) is 3. The van der Waals surface area contributed by atoms with Gasteiger partial charge in [0, 0.05) is 28.2 Å². The van der Waals surface area contributed by atoms with Gasteiger partial charge in [0.2, 0.25) is 0 Å². The molecule has 0 saturated heterocycles. The van der Waals surface area contributed by atoms with E-state index in [1.807, 2.05) is 66.7 Å². The van der Waals surface area contributed by atoms with Gasteiger partial charge in [-0.1, -0.05) is 54.1 Å². The van der Waals surface area contributed by atoms with Crippen LogP contribution in [0.5, 0.6) is 0 Å². The molecule has 3 nitrogen and oxygen atoms in total. The van der Waals surface area contributed by atoms with Crippen molar-refractivity contribution < 1.29 is 9.52 Å². The van der Waals surface area contributed by atoms with E-state index in [0.29, 0.717) is 13.1 Å². The Morgan fingerprint density at radius 1 is 1.00 bits per heavy atom. The Hall–Kier alpha value is -2.75. The molecule has 1 atom stereocenters. The van der Waals surface area contributed by atoms with Gasteiger partial charge in [0.1, 0.15) is 11.2 Å². The first-order valence-corrected chi connectivity index (χ1v) is 9.30. The Morgan fingerprint density at radius 3 is 2.67 bits per heavy atom. The molecular weight excluding hydrogens is 358 g/mol. The van der Waals surface area contributed by atoms with Crippen LogP contribution in [0.4, 0.5) is 5.69 Å². The van der Waals surface area contributed by atoms with Crippen LogP contribution < -0.4 is 4.90 Å². The summed E-state index contributed by atoms with van der Waals surface area (Å²) in [6.07, 6.45) is 1.67. The van der Waals surface area contributed by atoms with E-state index in [2.05, 4.69) is 11.0 Å². The third-order valence-corrected chi connectivity index (χ3v) is 5.58. The van der Waals surface area contributed by atoms with E-state index in [9.17, 15) is 5.11 Å². The monoisotopic (exact) mass is 375 g/mol. The number of para-hydroxylation sites is 1. The predicted molar refractivity (Wildman–Crippen MR) is 108 cm³/mol. The molecule has 0 radical (unpaired) electrons. The normalized spacial score (nSPS) is 18.8. The number of nitrogens with zero attached hydrogens (tertiary/aromatic N) is 1. The number of fused-ring (bicyclic) bond motifs is 2. The average molecular weight is 376 g/mol. The van der Waals surface area contributed by atoms with E-state index < -0.39 is 5.60 Å². The molecule has 0 fully saturated rings. The molecule has 3 aromatic carbocycles. The molecule has 4 aromatic rings. The molecule has 0 saturated carbocycles. The summed E-state index contributed by atoms with van der Waals surface area (Å²) in [7, 11) is 0. The first-order chi connectivity index (χ1) is 13.1. The first-order valence-electron chi connectivity index (χ1n) is 8.92. The van der Waals surface area contributed by atoms with Crippen LogP contribution in [-0.2, 0) is 12.1 Å². The van der Waals surface area contributed by atoms with E-state index in [1.54, 1.807) is 6.26 Å². The van der Waals surface area contributed by atoms with Gasteiger partial charge in [-0.05, 0) is 41.5 Å². The maximum Gasteiger partial charge on any atom is 0.134 e. The largest absolute Gasteiger partial charge is 0.464 e. The number of hydrogen-bond donors (Lipinski definition) is 1. The van der Waals surface area contributed by atoms with E-state index in [1.165, 1.54) is 0 Å². The number of rotatable bonds is 3. The van der Waals surface area contributed by atoms with Gasteiger partial charge in [-0.3, -0.25) is 0 Å². The van der Waals surface area contributed by atoms with Crippen LogP contribution in [0.2, 0.25) is 5.02 Å². The zero-order chi connectivity index (χ0) is 18.4. The van der Waals surface area contributed by atoms with Crippen LogP contribution in [0.3, 0.4) is 0 Å². The van der Waals surface area contributed by atoms with Crippen LogP contribution >= 0.6 is 11.6 Å². The molecule has 2 heterocycles. The third kappa shape index (κ3) is 2.71. The number of aliphatic hydroxyl groups is 1. The summed E-state index contributed by atoms with van der Waals surface area (Å²) in [5, 5.41) is 13.5. The van der Waals surface area contributed by atoms with Gasteiger partial charge in [-0.25, -0.2) is 0 Å². The summed E-state index contributed by atoms with van der Waals surface area (Å²) in [6, 6.07) is 23.8. The highest BCUT2D eigenvalue weighted by Gasteiger charge is 2.42. The number of anilines is 1. The summed E-state index contributed by atoms with van der Waals surface area (Å²) in [4.78, 5) is 2.21. The summed E-state index contributed by atoms with van der Waals surface area (Å²) < 4.78 is 5.55. The summed E-state index contributed by atoms with van der Waals surface area (Å²) >= 11 is 6.01. The van der Waals surface area contributed by atoms with Crippen molar-refractivity contribution in [2.24, 2.45) is 0 Å². The number of benzene rings is 3. The molecule has 27 heavy (non-hydrogen) atoms. The molecule has 1 N–H and O–H groups in total. The van der Waals surface area contributed by atoms with Crippen molar-refractivity contribution in [3.63, 3.8) is 0 Å². The topological polar surface area (TPSA) is 36.6 Å². The van der Waals surface area contributed by atoms with Crippen LogP contribution in [0.25, 0.3) is 11.0 Å². The third-order valence-electron chi connectivity index (χ3n) is 5.33. The van der Waals surface area contributed by atoms with Crippen molar-refractivity contribution >= 4 is 28.3 Å². The molecule has 5 rings (SSSR count). The highest BCUT2D eigenvalue weighted by molar-refractivity contribution is 6.30. The molecule has 1 unspecified atom stereocenters. The second-order valence-corrected chi connectivity index (χ2v) is 7.47. The number of furan rings is 1. The van der Waals surface area contributed by atoms with Gasteiger partial charge < -0.3 is 14.4 Å². The minimum atomic E-state index is -1.08. The minimum absolute atomic E-state index is 0.487. The zero-order valence-electron chi connectivity index (χ0n) is 14.6. The Morgan fingerprint density at radius 2 is 1.81 bits per heavy atom. The van der Waals surface area contributed by atoms with Crippen LogP contribution in [0.1, 0.15) is 16.7 Å². The SMILES string of the molecule is OC1(c2ccc3ccoc3c2)CN(Cc2ccc(Cl)cc2)c2ccccc21. The maximum atomic E-state index is 11.7. The van der Waals surface area contributed by atoms with E-state index >= 15 is 0 Å². The fourth-order valence-corrected chi connectivity index (χ4v) is 4.08. The molecule has 0 amide bonds. The zero-order valence-corrected chi connectivity index (χ0v) is 15.4. The summed E-state index contributed by atoms with van der Waals surface area (Å²) in [5.41, 5.74) is 3.68. The Balaban J connectivity index is 1.56. The smallest absolute Gasteiger partial charge is 0.134 e. The number of halogens is 1. The quantitative estimate of drug-likeness (QED) is 0.525. The predicted octanol–water partition coefficient (Wildman–Crippen LogP) is 5.34. The molecule has 1 aliphatic heterocycles. The fraction of sp³-hybridized carbons (Fsp3) is 0.130. The van der Waals surface area contributed by atoms with Crippen molar-refractivity contribution in [2.75, 3.05) is 11.4 Å². The lowest BCUT2D eigenvalue weighted by Gasteiger charge is -2.26. The molecule has 1 aromatic heterocycles. The average Bonchev–Trinajstić information content (AvgIpc) is 3.27. The van der Waals surface area contributed by atoms with Crippen molar-refractivity contribution in [3.8, 4) is 0 Å². The summed E-state index contributed by atoms with van der Waals surface area (Å²) in [5.74, 6) is 0. The lowest BCUT2D eigenvalue weighted by Crippen LogP contribution is -2.34. The molecule has 134 valence electrons. The maximum absolute atomic E-state index is 11.7.